The van der Waals surface area contributed by atoms with Gasteiger partial charge in [-0.05, 0) is 13.8 Å². The zero-order valence-corrected chi connectivity index (χ0v) is 7.13. The number of ether oxygens (including phenoxy) is 1. The molecule has 0 spiro atoms. The summed E-state index contributed by atoms with van der Waals surface area (Å²) in [5, 5.41) is 11.8. The topological polar surface area (TPSA) is 58.6 Å². The number of methoxy groups -OCH3 is 1. The Morgan fingerprint density at radius 3 is 2.55 bits per heavy atom. The molecule has 2 N–H and O–H groups in total. The van der Waals surface area contributed by atoms with E-state index in [1.807, 2.05) is 0 Å². The number of rotatable bonds is 4. The van der Waals surface area contributed by atoms with Crippen LogP contribution in [0.4, 0.5) is 0 Å². The summed E-state index contributed by atoms with van der Waals surface area (Å²) in [4.78, 5) is 10.6. The summed E-state index contributed by atoms with van der Waals surface area (Å²) >= 11 is 0. The monoisotopic (exact) mass is 161 g/mol. The van der Waals surface area contributed by atoms with E-state index in [0.717, 1.165) is 0 Å². The van der Waals surface area contributed by atoms with Crippen LogP contribution in [0.1, 0.15) is 13.8 Å². The van der Waals surface area contributed by atoms with Gasteiger partial charge in [0.05, 0.1) is 19.8 Å². The molecule has 0 aliphatic carbocycles. The fourth-order valence-electron chi connectivity index (χ4n) is 0.487. The molecule has 0 amide bonds. The second-order valence-electron chi connectivity index (χ2n) is 2.49. The van der Waals surface area contributed by atoms with Crippen molar-refractivity contribution in [3.05, 3.63) is 0 Å². The van der Waals surface area contributed by atoms with Gasteiger partial charge in [-0.15, -0.1) is 0 Å². The second-order valence-corrected chi connectivity index (χ2v) is 2.49. The van der Waals surface area contributed by atoms with Gasteiger partial charge in [-0.1, -0.05) is 0 Å². The Bertz CT molecular complexity index is 125. The summed E-state index contributed by atoms with van der Waals surface area (Å²) in [5.74, 6) is -0.322. The third kappa shape index (κ3) is 4.75. The number of aliphatic hydroxyl groups is 1. The molecule has 0 fully saturated rings. The first kappa shape index (κ1) is 10.4. The molecule has 0 aromatic carbocycles. The largest absolute Gasteiger partial charge is 0.468 e. The lowest BCUT2D eigenvalue weighted by Crippen LogP contribution is -2.38. The fraction of sp³-hybridized carbons (Fsp3) is 0.857. The molecule has 0 aromatic heterocycles. The van der Waals surface area contributed by atoms with Crippen LogP contribution < -0.4 is 5.32 Å². The van der Waals surface area contributed by atoms with Crippen LogP contribution in [0.5, 0.6) is 0 Å². The fourth-order valence-corrected chi connectivity index (χ4v) is 0.487. The Morgan fingerprint density at radius 1 is 1.64 bits per heavy atom. The normalized spacial score (nSPS) is 15.6. The standard InChI is InChI=1S/C7H15NO3/c1-5(6(2)9)8-4-7(10)11-3/h5-6,8-9H,4H2,1-3H3/t5?,6-/m1/s1. The Labute approximate surface area is 66.5 Å². The lowest BCUT2D eigenvalue weighted by Gasteiger charge is -2.14. The summed E-state index contributed by atoms with van der Waals surface area (Å²) in [6.07, 6.45) is -0.459. The smallest absolute Gasteiger partial charge is 0.319 e. The van der Waals surface area contributed by atoms with E-state index in [1.54, 1.807) is 13.8 Å². The van der Waals surface area contributed by atoms with Gasteiger partial charge in [-0.3, -0.25) is 4.79 Å². The zero-order chi connectivity index (χ0) is 8.85. The molecular weight excluding hydrogens is 146 g/mol. The van der Waals surface area contributed by atoms with Crippen molar-refractivity contribution in [3.8, 4) is 0 Å². The Kier molecular flexibility index (Phi) is 4.81. The molecule has 0 heterocycles. The summed E-state index contributed by atoms with van der Waals surface area (Å²) in [5.41, 5.74) is 0. The highest BCUT2D eigenvalue weighted by Gasteiger charge is 2.09. The van der Waals surface area contributed by atoms with Gasteiger partial charge >= 0.3 is 5.97 Å². The van der Waals surface area contributed by atoms with E-state index in [9.17, 15) is 4.79 Å². The van der Waals surface area contributed by atoms with Gasteiger partial charge in [-0.25, -0.2) is 0 Å². The van der Waals surface area contributed by atoms with Crippen molar-refractivity contribution >= 4 is 5.97 Å². The molecule has 0 bridgehead atoms. The number of esters is 1. The maximum Gasteiger partial charge on any atom is 0.319 e. The predicted octanol–water partition coefficient (Wildman–Crippen LogP) is -0.482. The minimum atomic E-state index is -0.459. The predicted molar refractivity (Wildman–Crippen MR) is 41.2 cm³/mol. The van der Waals surface area contributed by atoms with E-state index < -0.39 is 6.10 Å². The van der Waals surface area contributed by atoms with Gasteiger partial charge in [0.15, 0.2) is 0 Å². The maximum atomic E-state index is 10.6. The molecule has 0 saturated heterocycles. The molecule has 4 nitrogen and oxygen atoms in total. The van der Waals surface area contributed by atoms with E-state index in [-0.39, 0.29) is 18.6 Å². The average molecular weight is 161 g/mol. The summed E-state index contributed by atoms with van der Waals surface area (Å²) in [6.45, 7) is 3.60. The van der Waals surface area contributed by atoms with Crippen molar-refractivity contribution in [2.45, 2.75) is 26.0 Å². The second kappa shape index (κ2) is 5.09. The Balaban J connectivity index is 3.45. The van der Waals surface area contributed by atoms with Crippen LogP contribution in [-0.4, -0.2) is 36.9 Å². The van der Waals surface area contributed by atoms with Crippen LogP contribution in [0, 0.1) is 0 Å². The first-order chi connectivity index (χ1) is 5.07. The first-order valence-corrected chi connectivity index (χ1v) is 3.56. The summed E-state index contributed by atoms with van der Waals surface area (Å²) in [7, 11) is 1.33. The minimum absolute atomic E-state index is 0.0888. The number of carbonyl (C=O) groups is 1. The van der Waals surface area contributed by atoms with Gasteiger partial charge < -0.3 is 15.2 Å². The van der Waals surface area contributed by atoms with E-state index in [1.165, 1.54) is 7.11 Å². The van der Waals surface area contributed by atoms with E-state index in [4.69, 9.17) is 5.11 Å². The van der Waals surface area contributed by atoms with Gasteiger partial charge in [0.25, 0.3) is 0 Å². The molecule has 0 saturated carbocycles. The Hall–Kier alpha value is -0.610. The molecule has 0 aromatic rings. The molecule has 0 radical (unpaired) electrons. The number of aliphatic hydroxyl groups excluding tert-OH is 1. The molecule has 4 heteroatoms. The van der Waals surface area contributed by atoms with E-state index in [0.29, 0.717) is 0 Å². The third-order valence-corrected chi connectivity index (χ3v) is 1.52. The van der Waals surface area contributed by atoms with Crippen LogP contribution in [0.3, 0.4) is 0 Å². The van der Waals surface area contributed by atoms with E-state index >= 15 is 0 Å². The average Bonchev–Trinajstić information content (AvgIpc) is 1.99. The van der Waals surface area contributed by atoms with Crippen LogP contribution in [0.25, 0.3) is 0 Å². The third-order valence-electron chi connectivity index (χ3n) is 1.52. The number of hydrogen-bond donors (Lipinski definition) is 2. The molecule has 11 heavy (non-hydrogen) atoms. The zero-order valence-electron chi connectivity index (χ0n) is 7.13. The van der Waals surface area contributed by atoms with Crippen LogP contribution in [0.2, 0.25) is 0 Å². The summed E-state index contributed by atoms with van der Waals surface area (Å²) in [6, 6.07) is -0.0888. The van der Waals surface area contributed by atoms with Gasteiger partial charge in [0.1, 0.15) is 0 Å². The molecule has 0 aliphatic heterocycles. The molecule has 0 aliphatic rings. The molecule has 0 rings (SSSR count). The first-order valence-electron chi connectivity index (χ1n) is 3.56. The highest BCUT2D eigenvalue weighted by atomic mass is 16.5. The number of hydrogen-bond acceptors (Lipinski definition) is 4. The Morgan fingerprint density at radius 2 is 2.18 bits per heavy atom. The lowest BCUT2D eigenvalue weighted by molar-refractivity contribution is -0.139. The van der Waals surface area contributed by atoms with Gasteiger partial charge in [-0.2, -0.15) is 0 Å². The SMILES string of the molecule is COC(=O)CNC(C)[C@@H](C)O. The van der Waals surface area contributed by atoms with Gasteiger partial charge in [0.2, 0.25) is 0 Å². The number of nitrogens with one attached hydrogen (secondary N) is 1. The van der Waals surface area contributed by atoms with Crippen molar-refractivity contribution in [1.82, 2.24) is 5.32 Å². The number of carbonyl (C=O) groups excluding carboxylic acids is 1. The highest BCUT2D eigenvalue weighted by molar-refractivity contribution is 5.71. The van der Waals surface area contributed by atoms with Crippen molar-refractivity contribution in [3.63, 3.8) is 0 Å². The van der Waals surface area contributed by atoms with E-state index in [2.05, 4.69) is 10.1 Å². The van der Waals surface area contributed by atoms with Crippen molar-refractivity contribution in [1.29, 1.82) is 0 Å². The van der Waals surface area contributed by atoms with Gasteiger partial charge in [0, 0.05) is 6.04 Å². The van der Waals surface area contributed by atoms with Crippen LogP contribution in [0.15, 0.2) is 0 Å². The van der Waals surface area contributed by atoms with Crippen molar-refractivity contribution in [2.24, 2.45) is 0 Å². The molecule has 2 atom stereocenters. The lowest BCUT2D eigenvalue weighted by atomic mass is 10.2. The van der Waals surface area contributed by atoms with Crippen LogP contribution >= 0.6 is 0 Å². The molecule has 1 unspecified atom stereocenters. The van der Waals surface area contributed by atoms with Crippen molar-refractivity contribution < 1.29 is 14.6 Å². The maximum absolute atomic E-state index is 10.6. The molecular formula is C7H15NO3. The van der Waals surface area contributed by atoms with Crippen molar-refractivity contribution in [2.75, 3.05) is 13.7 Å². The quantitative estimate of drug-likeness (QED) is 0.547. The minimum Gasteiger partial charge on any atom is -0.468 e. The molecule has 66 valence electrons. The summed E-state index contributed by atoms with van der Waals surface area (Å²) < 4.78 is 4.40. The highest BCUT2D eigenvalue weighted by Crippen LogP contribution is 1.89. The van der Waals surface area contributed by atoms with Crippen LogP contribution in [-0.2, 0) is 9.53 Å².